The standard InChI is InChI=1S/C16H16F2N4O/c17-11-4-1-9(7-12(11)18)8-19-16(23)13-5-6-14-20-21-15(22(13)14)10-2-3-10/h1,4,7,10,13H,2-3,5-6,8H2,(H,19,23). The van der Waals surface area contributed by atoms with Crippen LogP contribution in [0.2, 0.25) is 0 Å². The Bertz CT molecular complexity index is 769. The molecule has 1 aliphatic carbocycles. The Hall–Kier alpha value is -2.31. The average molecular weight is 318 g/mol. The number of rotatable bonds is 4. The summed E-state index contributed by atoms with van der Waals surface area (Å²) in [6, 6.07) is 3.33. The van der Waals surface area contributed by atoms with Crippen LogP contribution in [0.25, 0.3) is 0 Å². The van der Waals surface area contributed by atoms with Crippen LogP contribution in [0.3, 0.4) is 0 Å². The molecule has 1 atom stereocenters. The Kier molecular flexibility index (Phi) is 3.36. The lowest BCUT2D eigenvalue weighted by atomic mass is 10.1. The molecule has 5 nitrogen and oxygen atoms in total. The smallest absolute Gasteiger partial charge is 0.243 e. The molecule has 7 heteroatoms. The van der Waals surface area contributed by atoms with Crippen LogP contribution in [0.15, 0.2) is 18.2 Å². The van der Waals surface area contributed by atoms with Gasteiger partial charge in [-0.05, 0) is 37.0 Å². The van der Waals surface area contributed by atoms with E-state index in [-0.39, 0.29) is 18.5 Å². The third kappa shape index (κ3) is 2.60. The lowest BCUT2D eigenvalue weighted by Gasteiger charge is -2.15. The van der Waals surface area contributed by atoms with Gasteiger partial charge in [0.2, 0.25) is 5.91 Å². The summed E-state index contributed by atoms with van der Waals surface area (Å²) >= 11 is 0. The highest BCUT2D eigenvalue weighted by Gasteiger charge is 2.37. The number of carbonyl (C=O) groups excluding carboxylic acids is 1. The largest absolute Gasteiger partial charge is 0.350 e. The van der Waals surface area contributed by atoms with E-state index in [1.54, 1.807) is 0 Å². The molecule has 1 unspecified atom stereocenters. The Balaban J connectivity index is 1.46. The molecule has 120 valence electrons. The van der Waals surface area contributed by atoms with E-state index in [0.29, 0.717) is 17.9 Å². The van der Waals surface area contributed by atoms with Crippen molar-refractivity contribution in [2.24, 2.45) is 0 Å². The summed E-state index contributed by atoms with van der Waals surface area (Å²) in [5, 5.41) is 11.2. The number of hydrogen-bond donors (Lipinski definition) is 1. The third-order valence-electron chi connectivity index (χ3n) is 4.44. The van der Waals surface area contributed by atoms with Crippen LogP contribution in [-0.2, 0) is 17.8 Å². The normalized spacial score (nSPS) is 19.7. The van der Waals surface area contributed by atoms with Crippen molar-refractivity contribution in [3.05, 3.63) is 47.0 Å². The van der Waals surface area contributed by atoms with Crippen LogP contribution in [0.1, 0.15) is 48.4 Å². The number of amides is 1. The molecule has 1 amide bonds. The molecule has 0 saturated heterocycles. The van der Waals surface area contributed by atoms with Gasteiger partial charge in [0.25, 0.3) is 0 Å². The molecular formula is C16H16F2N4O. The zero-order chi connectivity index (χ0) is 16.0. The Labute approximate surface area is 131 Å². The summed E-state index contributed by atoms with van der Waals surface area (Å²) in [6.07, 6.45) is 3.64. The third-order valence-corrected chi connectivity index (χ3v) is 4.44. The molecule has 2 aromatic rings. The van der Waals surface area contributed by atoms with Gasteiger partial charge in [0.15, 0.2) is 11.6 Å². The highest BCUT2D eigenvalue weighted by atomic mass is 19.2. The van der Waals surface area contributed by atoms with Crippen LogP contribution in [0.5, 0.6) is 0 Å². The molecule has 2 heterocycles. The van der Waals surface area contributed by atoms with Gasteiger partial charge in [0.1, 0.15) is 17.7 Å². The molecule has 4 rings (SSSR count). The summed E-state index contributed by atoms with van der Waals surface area (Å²) in [7, 11) is 0. The molecule has 1 aromatic heterocycles. The van der Waals surface area contributed by atoms with Gasteiger partial charge in [0.05, 0.1) is 0 Å². The summed E-state index contributed by atoms with van der Waals surface area (Å²) in [6.45, 7) is 0.169. The fourth-order valence-electron chi connectivity index (χ4n) is 3.07. The first-order valence-electron chi connectivity index (χ1n) is 7.79. The van der Waals surface area contributed by atoms with Crippen LogP contribution < -0.4 is 5.32 Å². The van der Waals surface area contributed by atoms with Gasteiger partial charge in [-0.25, -0.2) is 8.78 Å². The first kappa shape index (κ1) is 14.3. The second kappa shape index (κ2) is 5.40. The number of aromatic nitrogens is 3. The van der Waals surface area contributed by atoms with Crippen molar-refractivity contribution in [3.8, 4) is 0 Å². The van der Waals surface area contributed by atoms with E-state index in [1.165, 1.54) is 6.07 Å². The van der Waals surface area contributed by atoms with Crippen LogP contribution >= 0.6 is 0 Å². The van der Waals surface area contributed by atoms with Gasteiger partial charge in [-0.15, -0.1) is 10.2 Å². The predicted molar refractivity (Wildman–Crippen MR) is 77.6 cm³/mol. The molecule has 2 aliphatic rings. The number of fused-ring (bicyclic) bond motifs is 1. The van der Waals surface area contributed by atoms with Crippen molar-refractivity contribution in [1.29, 1.82) is 0 Å². The molecule has 1 N–H and O–H groups in total. The number of nitrogens with zero attached hydrogens (tertiary/aromatic N) is 3. The van der Waals surface area contributed by atoms with Crippen LogP contribution in [-0.4, -0.2) is 20.7 Å². The average Bonchev–Trinajstić information content (AvgIpc) is 3.15. The van der Waals surface area contributed by atoms with Crippen molar-refractivity contribution in [1.82, 2.24) is 20.1 Å². The van der Waals surface area contributed by atoms with Crippen molar-refractivity contribution >= 4 is 5.91 Å². The topological polar surface area (TPSA) is 59.8 Å². The molecule has 0 spiro atoms. The van der Waals surface area contributed by atoms with E-state index < -0.39 is 11.6 Å². The molecule has 0 radical (unpaired) electrons. The maximum atomic E-state index is 13.2. The van der Waals surface area contributed by atoms with Gasteiger partial charge < -0.3 is 9.88 Å². The highest BCUT2D eigenvalue weighted by molar-refractivity contribution is 5.80. The van der Waals surface area contributed by atoms with Gasteiger partial charge in [-0.2, -0.15) is 0 Å². The van der Waals surface area contributed by atoms with Crippen molar-refractivity contribution in [3.63, 3.8) is 0 Å². The van der Waals surface area contributed by atoms with E-state index in [1.807, 2.05) is 4.57 Å². The quantitative estimate of drug-likeness (QED) is 0.940. The maximum absolute atomic E-state index is 13.2. The fraction of sp³-hybridized carbons (Fsp3) is 0.438. The number of halogens is 2. The van der Waals surface area contributed by atoms with Crippen LogP contribution in [0.4, 0.5) is 8.78 Å². The van der Waals surface area contributed by atoms with Crippen molar-refractivity contribution < 1.29 is 13.6 Å². The van der Waals surface area contributed by atoms with Crippen LogP contribution in [0, 0.1) is 11.6 Å². The van der Waals surface area contributed by atoms with E-state index >= 15 is 0 Å². The molecule has 1 aromatic carbocycles. The predicted octanol–water partition coefficient (Wildman–Crippen LogP) is 2.24. The lowest BCUT2D eigenvalue weighted by molar-refractivity contribution is -0.124. The Morgan fingerprint density at radius 1 is 1.22 bits per heavy atom. The molecule has 0 bridgehead atoms. The minimum Gasteiger partial charge on any atom is -0.350 e. The van der Waals surface area contributed by atoms with E-state index in [2.05, 4.69) is 15.5 Å². The van der Waals surface area contributed by atoms with Crippen molar-refractivity contribution in [2.45, 2.75) is 44.2 Å². The fourth-order valence-corrected chi connectivity index (χ4v) is 3.07. The molecule has 1 saturated carbocycles. The summed E-state index contributed by atoms with van der Waals surface area (Å²) in [5.41, 5.74) is 0.529. The summed E-state index contributed by atoms with van der Waals surface area (Å²) in [4.78, 5) is 12.5. The second-order valence-corrected chi connectivity index (χ2v) is 6.14. The van der Waals surface area contributed by atoms with Gasteiger partial charge in [0, 0.05) is 18.9 Å². The van der Waals surface area contributed by atoms with E-state index in [4.69, 9.17) is 0 Å². The Morgan fingerprint density at radius 3 is 2.78 bits per heavy atom. The molecular weight excluding hydrogens is 302 g/mol. The first-order chi connectivity index (χ1) is 11.1. The highest BCUT2D eigenvalue weighted by Crippen LogP contribution is 2.42. The SMILES string of the molecule is O=C(NCc1ccc(F)c(F)c1)C1CCc2nnc(C3CC3)n21. The molecule has 1 aliphatic heterocycles. The Morgan fingerprint density at radius 2 is 2.04 bits per heavy atom. The molecule has 1 fully saturated rings. The maximum Gasteiger partial charge on any atom is 0.243 e. The minimum atomic E-state index is -0.908. The zero-order valence-corrected chi connectivity index (χ0v) is 12.4. The monoisotopic (exact) mass is 318 g/mol. The van der Waals surface area contributed by atoms with E-state index in [9.17, 15) is 13.6 Å². The summed E-state index contributed by atoms with van der Waals surface area (Å²) in [5.74, 6) is 0.269. The number of hydrogen-bond acceptors (Lipinski definition) is 3. The number of aryl methyl sites for hydroxylation is 1. The van der Waals surface area contributed by atoms with Gasteiger partial charge in [-0.3, -0.25) is 4.79 Å². The molecule has 23 heavy (non-hydrogen) atoms. The number of carbonyl (C=O) groups is 1. The van der Waals surface area contributed by atoms with Crippen molar-refractivity contribution in [2.75, 3.05) is 0 Å². The zero-order valence-electron chi connectivity index (χ0n) is 12.4. The minimum absolute atomic E-state index is 0.129. The number of nitrogens with one attached hydrogen (secondary N) is 1. The van der Waals surface area contributed by atoms with Gasteiger partial charge in [-0.1, -0.05) is 6.07 Å². The summed E-state index contributed by atoms with van der Waals surface area (Å²) < 4.78 is 28.1. The van der Waals surface area contributed by atoms with Gasteiger partial charge >= 0.3 is 0 Å². The first-order valence-corrected chi connectivity index (χ1v) is 7.79. The second-order valence-electron chi connectivity index (χ2n) is 6.14. The van der Waals surface area contributed by atoms with E-state index in [0.717, 1.165) is 43.0 Å². The number of benzene rings is 1. The lowest BCUT2D eigenvalue weighted by Crippen LogP contribution is -2.31.